The average molecular weight is 203 g/mol. The lowest BCUT2D eigenvalue weighted by molar-refractivity contribution is -0.144. The summed E-state index contributed by atoms with van der Waals surface area (Å²) in [5.41, 5.74) is 0. The van der Waals surface area contributed by atoms with Crippen LogP contribution < -0.4 is 5.32 Å². The van der Waals surface area contributed by atoms with Gasteiger partial charge < -0.3 is 10.1 Å². The normalized spacial score (nSPS) is 28.9. The van der Waals surface area contributed by atoms with Crippen molar-refractivity contribution in [3.8, 4) is 0 Å². The Kier molecular flexibility index (Phi) is 3.59. The molecular formula is C8H13NO3S. The highest BCUT2D eigenvalue weighted by Crippen LogP contribution is 2.14. The highest BCUT2D eigenvalue weighted by Gasteiger charge is 2.27. The predicted octanol–water partition coefficient (Wildman–Crippen LogP) is 0.0271. The van der Waals surface area contributed by atoms with Crippen LogP contribution in [0.15, 0.2) is 0 Å². The molecule has 0 bridgehead atoms. The minimum Gasteiger partial charge on any atom is -0.467 e. The molecule has 0 aromatic carbocycles. The summed E-state index contributed by atoms with van der Waals surface area (Å²) in [6.45, 7) is 1.85. The Morgan fingerprint density at radius 2 is 2.31 bits per heavy atom. The molecule has 5 heteroatoms. The van der Waals surface area contributed by atoms with Gasteiger partial charge in [-0.15, -0.1) is 0 Å². The van der Waals surface area contributed by atoms with Crippen LogP contribution in [-0.2, 0) is 14.3 Å². The summed E-state index contributed by atoms with van der Waals surface area (Å²) < 4.78 is 4.56. The quantitative estimate of drug-likeness (QED) is 0.611. The van der Waals surface area contributed by atoms with Gasteiger partial charge in [-0.1, -0.05) is 6.92 Å². The van der Waals surface area contributed by atoms with Crippen molar-refractivity contribution in [2.45, 2.75) is 13.0 Å². The lowest BCUT2D eigenvalue weighted by Gasteiger charge is -2.12. The fourth-order valence-corrected chi connectivity index (χ4v) is 2.16. The summed E-state index contributed by atoms with van der Waals surface area (Å²) in [5.74, 6) is 0.900. The summed E-state index contributed by atoms with van der Waals surface area (Å²) in [6.07, 6.45) is 0. The molecule has 4 nitrogen and oxygen atoms in total. The zero-order valence-electron chi connectivity index (χ0n) is 7.70. The smallest absolute Gasteiger partial charge is 0.329 e. The maximum atomic E-state index is 11.3. The van der Waals surface area contributed by atoms with Gasteiger partial charge >= 0.3 is 5.97 Å². The van der Waals surface area contributed by atoms with Gasteiger partial charge in [0.2, 0.25) is 5.91 Å². The monoisotopic (exact) mass is 203 g/mol. The minimum absolute atomic E-state index is 0.0281. The van der Waals surface area contributed by atoms with E-state index in [-0.39, 0.29) is 17.8 Å². The van der Waals surface area contributed by atoms with Crippen molar-refractivity contribution in [1.82, 2.24) is 5.32 Å². The molecule has 0 spiro atoms. The maximum absolute atomic E-state index is 11.3. The summed E-state index contributed by atoms with van der Waals surface area (Å²) in [6, 6.07) is -0.479. The van der Waals surface area contributed by atoms with Crippen LogP contribution >= 0.6 is 11.8 Å². The number of amides is 1. The molecule has 0 aromatic heterocycles. The number of carbonyl (C=O) groups is 2. The molecule has 0 unspecified atom stereocenters. The number of esters is 1. The molecule has 1 N–H and O–H groups in total. The topological polar surface area (TPSA) is 55.4 Å². The number of ether oxygens (including phenoxy) is 1. The van der Waals surface area contributed by atoms with Crippen LogP contribution in [0.3, 0.4) is 0 Å². The molecule has 0 aliphatic carbocycles. The Bertz CT molecular complexity index is 219. The van der Waals surface area contributed by atoms with Crippen molar-refractivity contribution in [2.24, 2.45) is 5.92 Å². The Balaban J connectivity index is 2.59. The standard InChI is InChI=1S/C8H13NO3S/c1-5-3-13-4-6(8(11)12-2)9-7(5)10/h5-6H,3-4H2,1-2H3,(H,9,10)/t5-,6+/m0/s1. The van der Waals surface area contributed by atoms with Gasteiger partial charge in [0, 0.05) is 17.4 Å². The molecule has 1 fully saturated rings. The third kappa shape index (κ3) is 2.62. The largest absolute Gasteiger partial charge is 0.467 e. The number of rotatable bonds is 1. The van der Waals surface area contributed by atoms with Gasteiger partial charge in [-0.25, -0.2) is 4.79 Å². The van der Waals surface area contributed by atoms with Gasteiger partial charge in [0.05, 0.1) is 7.11 Å². The molecule has 0 saturated carbocycles. The Labute approximate surface area is 81.4 Å². The van der Waals surface area contributed by atoms with E-state index in [2.05, 4.69) is 10.1 Å². The number of methoxy groups -OCH3 is 1. The second-order valence-corrected chi connectivity index (χ2v) is 4.10. The minimum atomic E-state index is -0.479. The Morgan fingerprint density at radius 1 is 1.62 bits per heavy atom. The van der Waals surface area contributed by atoms with Crippen LogP contribution in [0.1, 0.15) is 6.92 Å². The lowest BCUT2D eigenvalue weighted by atomic mass is 10.2. The molecule has 74 valence electrons. The molecule has 1 aliphatic rings. The van der Waals surface area contributed by atoms with Gasteiger partial charge in [0.15, 0.2) is 0 Å². The van der Waals surface area contributed by atoms with E-state index in [0.717, 1.165) is 5.75 Å². The second kappa shape index (κ2) is 4.50. The molecule has 1 rings (SSSR count). The third-order valence-electron chi connectivity index (χ3n) is 1.90. The molecule has 13 heavy (non-hydrogen) atoms. The number of thioether (sulfide) groups is 1. The van der Waals surface area contributed by atoms with Crippen LogP contribution in [0.2, 0.25) is 0 Å². The van der Waals surface area contributed by atoms with Gasteiger partial charge in [-0.05, 0) is 0 Å². The Hall–Kier alpha value is -0.710. The molecule has 1 amide bonds. The summed E-state index contributed by atoms with van der Waals surface area (Å²) >= 11 is 1.60. The van der Waals surface area contributed by atoms with E-state index in [0.29, 0.717) is 5.75 Å². The van der Waals surface area contributed by atoms with E-state index in [1.807, 2.05) is 6.92 Å². The van der Waals surface area contributed by atoms with Gasteiger partial charge in [0.1, 0.15) is 6.04 Å². The van der Waals surface area contributed by atoms with Crippen LogP contribution in [-0.4, -0.2) is 36.5 Å². The molecule has 1 saturated heterocycles. The first kappa shape index (κ1) is 10.4. The SMILES string of the molecule is COC(=O)[C@H]1CSC[C@H](C)C(=O)N1. The first-order valence-electron chi connectivity index (χ1n) is 4.11. The molecular weight excluding hydrogens is 190 g/mol. The summed E-state index contributed by atoms with van der Waals surface area (Å²) in [4.78, 5) is 22.4. The van der Waals surface area contributed by atoms with E-state index >= 15 is 0 Å². The number of carbonyl (C=O) groups excluding carboxylic acids is 2. The van der Waals surface area contributed by atoms with E-state index < -0.39 is 6.04 Å². The van der Waals surface area contributed by atoms with Crippen LogP contribution in [0.4, 0.5) is 0 Å². The predicted molar refractivity (Wildman–Crippen MR) is 50.4 cm³/mol. The lowest BCUT2D eigenvalue weighted by Crippen LogP contribution is -2.43. The van der Waals surface area contributed by atoms with E-state index in [1.54, 1.807) is 11.8 Å². The van der Waals surface area contributed by atoms with E-state index in [9.17, 15) is 9.59 Å². The zero-order chi connectivity index (χ0) is 9.84. The Morgan fingerprint density at radius 3 is 2.92 bits per heavy atom. The number of hydrogen-bond acceptors (Lipinski definition) is 4. The van der Waals surface area contributed by atoms with E-state index in [4.69, 9.17) is 0 Å². The van der Waals surface area contributed by atoms with Crippen molar-refractivity contribution in [3.63, 3.8) is 0 Å². The average Bonchev–Trinajstić information content (AvgIpc) is 2.28. The first-order valence-corrected chi connectivity index (χ1v) is 5.26. The first-order chi connectivity index (χ1) is 6.15. The van der Waals surface area contributed by atoms with Crippen molar-refractivity contribution in [3.05, 3.63) is 0 Å². The molecule has 1 heterocycles. The van der Waals surface area contributed by atoms with Gasteiger partial charge in [-0.3, -0.25) is 4.79 Å². The fourth-order valence-electron chi connectivity index (χ4n) is 1.06. The molecule has 1 aliphatic heterocycles. The number of hydrogen-bond donors (Lipinski definition) is 1. The second-order valence-electron chi connectivity index (χ2n) is 3.02. The van der Waals surface area contributed by atoms with Crippen LogP contribution in [0.25, 0.3) is 0 Å². The molecule has 0 radical (unpaired) electrons. The van der Waals surface area contributed by atoms with Crippen LogP contribution in [0.5, 0.6) is 0 Å². The van der Waals surface area contributed by atoms with Crippen molar-refractivity contribution in [1.29, 1.82) is 0 Å². The summed E-state index contributed by atoms with van der Waals surface area (Å²) in [7, 11) is 1.33. The maximum Gasteiger partial charge on any atom is 0.329 e. The fraction of sp³-hybridized carbons (Fsp3) is 0.750. The number of nitrogens with one attached hydrogen (secondary N) is 1. The van der Waals surface area contributed by atoms with Gasteiger partial charge in [0.25, 0.3) is 0 Å². The van der Waals surface area contributed by atoms with Crippen molar-refractivity contribution >= 4 is 23.6 Å². The third-order valence-corrected chi connectivity index (χ3v) is 3.21. The highest BCUT2D eigenvalue weighted by atomic mass is 32.2. The van der Waals surface area contributed by atoms with Crippen molar-refractivity contribution < 1.29 is 14.3 Å². The molecule has 2 atom stereocenters. The zero-order valence-corrected chi connectivity index (χ0v) is 8.52. The van der Waals surface area contributed by atoms with Crippen molar-refractivity contribution in [2.75, 3.05) is 18.6 Å². The van der Waals surface area contributed by atoms with Crippen LogP contribution in [0, 0.1) is 5.92 Å². The summed E-state index contributed by atoms with van der Waals surface area (Å²) in [5, 5.41) is 2.64. The highest BCUT2D eigenvalue weighted by molar-refractivity contribution is 7.99. The van der Waals surface area contributed by atoms with Gasteiger partial charge in [-0.2, -0.15) is 11.8 Å². The van der Waals surface area contributed by atoms with E-state index in [1.165, 1.54) is 7.11 Å². The molecule has 0 aromatic rings.